The molecule has 2 aliphatic rings. The number of benzene rings is 4. The Kier molecular flexibility index (Phi) is 3.16. The molecule has 0 atom stereocenters. The number of fused-ring (bicyclic) bond motifs is 9. The van der Waals surface area contributed by atoms with Gasteiger partial charge in [0.1, 0.15) is 0 Å². The molecule has 2 aliphatic carbocycles. The Morgan fingerprint density at radius 1 is 0.500 bits per heavy atom. The van der Waals surface area contributed by atoms with Gasteiger partial charge in [-0.2, -0.15) is 0 Å². The van der Waals surface area contributed by atoms with E-state index in [2.05, 4.69) is 112 Å². The van der Waals surface area contributed by atoms with Crippen molar-refractivity contribution in [1.82, 2.24) is 4.57 Å². The van der Waals surface area contributed by atoms with Gasteiger partial charge in [0.2, 0.25) is 0 Å². The summed E-state index contributed by atoms with van der Waals surface area (Å²) in [6, 6.07) is 27.7. The van der Waals surface area contributed by atoms with Gasteiger partial charge in [-0.3, -0.25) is 0 Å². The molecule has 0 bridgehead atoms. The number of aryl methyl sites for hydroxylation is 1. The summed E-state index contributed by atoms with van der Waals surface area (Å²) in [4.78, 5) is 0. The van der Waals surface area contributed by atoms with E-state index in [1.54, 1.807) is 0 Å². The maximum Gasteiger partial charge on any atom is 0.0492 e. The van der Waals surface area contributed by atoms with Gasteiger partial charge in [-0.05, 0) is 68.8 Å². The minimum atomic E-state index is 0.0270. The maximum absolute atomic E-state index is 2.46. The Morgan fingerprint density at radius 3 is 1.34 bits per heavy atom. The first-order chi connectivity index (χ1) is 15.3. The van der Waals surface area contributed by atoms with E-state index in [9.17, 15) is 0 Å². The fraction of sp³-hybridized carbons (Fsp3) is 0.226. The topological polar surface area (TPSA) is 4.93 Å². The molecule has 1 aromatic heterocycles. The molecule has 0 saturated heterocycles. The molecule has 0 amide bonds. The molecule has 0 unspecified atom stereocenters. The predicted octanol–water partition coefficient (Wildman–Crippen LogP) is 7.94. The molecule has 0 spiro atoms. The van der Waals surface area contributed by atoms with Crippen molar-refractivity contribution in [2.45, 2.75) is 38.5 Å². The molecular formula is C31H27N. The SMILES string of the molecule is Cn1c2cc3c(cc2c2cc4c(cc21)C(C)(C)c1ccccc1-4)-c1ccccc1C3(C)C. The minimum Gasteiger partial charge on any atom is -0.344 e. The third-order valence-corrected chi connectivity index (χ3v) is 8.41. The van der Waals surface area contributed by atoms with E-state index >= 15 is 0 Å². The molecular weight excluding hydrogens is 386 g/mol. The molecule has 32 heavy (non-hydrogen) atoms. The quantitative estimate of drug-likeness (QED) is 0.243. The lowest BCUT2D eigenvalue weighted by Gasteiger charge is -2.21. The molecule has 1 nitrogen and oxygen atoms in total. The number of hydrogen-bond donors (Lipinski definition) is 0. The molecule has 5 aromatic rings. The third-order valence-electron chi connectivity index (χ3n) is 8.41. The smallest absolute Gasteiger partial charge is 0.0492 e. The fourth-order valence-electron chi connectivity index (χ4n) is 6.59. The Labute approximate surface area is 189 Å². The van der Waals surface area contributed by atoms with Crippen LogP contribution in [0.15, 0.2) is 72.8 Å². The molecule has 1 heterocycles. The number of rotatable bonds is 0. The third kappa shape index (κ3) is 1.96. The second-order valence-electron chi connectivity index (χ2n) is 10.7. The Morgan fingerprint density at radius 2 is 0.906 bits per heavy atom. The van der Waals surface area contributed by atoms with E-state index in [4.69, 9.17) is 0 Å². The second kappa shape index (κ2) is 5.53. The normalized spacial score (nSPS) is 16.8. The minimum absolute atomic E-state index is 0.0270. The van der Waals surface area contributed by atoms with E-state index in [1.165, 1.54) is 66.3 Å². The monoisotopic (exact) mass is 413 g/mol. The van der Waals surface area contributed by atoms with E-state index in [0.29, 0.717) is 0 Å². The first-order valence-corrected chi connectivity index (χ1v) is 11.6. The predicted molar refractivity (Wildman–Crippen MR) is 136 cm³/mol. The van der Waals surface area contributed by atoms with E-state index in [-0.39, 0.29) is 10.8 Å². The van der Waals surface area contributed by atoms with Crippen molar-refractivity contribution in [2.75, 3.05) is 0 Å². The van der Waals surface area contributed by atoms with Crippen LogP contribution in [-0.2, 0) is 17.9 Å². The highest BCUT2D eigenvalue weighted by molar-refractivity contribution is 6.12. The average Bonchev–Trinajstić information content (AvgIpc) is 3.29. The zero-order valence-electron chi connectivity index (χ0n) is 19.4. The van der Waals surface area contributed by atoms with Crippen LogP contribution >= 0.6 is 0 Å². The van der Waals surface area contributed by atoms with Crippen LogP contribution < -0.4 is 0 Å². The molecule has 7 rings (SSSR count). The number of aromatic nitrogens is 1. The summed E-state index contributed by atoms with van der Waals surface area (Å²) in [5.41, 5.74) is 14.0. The van der Waals surface area contributed by atoms with Crippen molar-refractivity contribution < 1.29 is 0 Å². The van der Waals surface area contributed by atoms with Gasteiger partial charge in [-0.25, -0.2) is 0 Å². The van der Waals surface area contributed by atoms with Crippen molar-refractivity contribution in [3.05, 3.63) is 95.1 Å². The molecule has 0 fully saturated rings. The van der Waals surface area contributed by atoms with Crippen LogP contribution in [0.2, 0.25) is 0 Å². The first kappa shape index (κ1) is 18.3. The van der Waals surface area contributed by atoms with Gasteiger partial charge >= 0.3 is 0 Å². The fourth-order valence-corrected chi connectivity index (χ4v) is 6.59. The lowest BCUT2D eigenvalue weighted by Crippen LogP contribution is -2.15. The molecule has 1 heteroatoms. The lowest BCUT2D eigenvalue weighted by molar-refractivity contribution is 0.660. The van der Waals surface area contributed by atoms with E-state index in [1.807, 2.05) is 0 Å². The van der Waals surface area contributed by atoms with Gasteiger partial charge < -0.3 is 4.57 Å². The summed E-state index contributed by atoms with van der Waals surface area (Å²) >= 11 is 0. The summed E-state index contributed by atoms with van der Waals surface area (Å²) in [6.07, 6.45) is 0. The van der Waals surface area contributed by atoms with E-state index in [0.717, 1.165) is 0 Å². The zero-order valence-corrected chi connectivity index (χ0v) is 19.4. The van der Waals surface area contributed by atoms with Gasteiger partial charge in [-0.15, -0.1) is 0 Å². The maximum atomic E-state index is 2.46. The number of nitrogens with zero attached hydrogens (tertiary/aromatic N) is 1. The molecule has 0 saturated carbocycles. The highest BCUT2D eigenvalue weighted by Gasteiger charge is 2.38. The van der Waals surface area contributed by atoms with Crippen molar-refractivity contribution >= 4 is 21.8 Å². The van der Waals surface area contributed by atoms with Crippen molar-refractivity contribution in [2.24, 2.45) is 7.05 Å². The Hall–Kier alpha value is -3.32. The van der Waals surface area contributed by atoms with Gasteiger partial charge in [0.05, 0.1) is 0 Å². The summed E-state index contributed by atoms with van der Waals surface area (Å²) in [5.74, 6) is 0. The lowest BCUT2D eigenvalue weighted by atomic mass is 9.82. The highest BCUT2D eigenvalue weighted by Crippen LogP contribution is 2.53. The Balaban J connectivity index is 1.60. The van der Waals surface area contributed by atoms with E-state index < -0.39 is 0 Å². The zero-order chi connectivity index (χ0) is 22.0. The standard InChI is InChI=1S/C31H27N/c1-30(2)24-12-8-6-10-18(24)20-14-22-23-15-21-19-11-7-9-13-25(19)31(3,4)27(21)17-29(23)32(5)28(22)16-26(20)30/h6-17H,1-5H3. The van der Waals surface area contributed by atoms with Crippen LogP contribution in [-0.4, -0.2) is 4.57 Å². The van der Waals surface area contributed by atoms with Crippen molar-refractivity contribution in [3.63, 3.8) is 0 Å². The highest BCUT2D eigenvalue weighted by atomic mass is 14.9. The van der Waals surface area contributed by atoms with Crippen LogP contribution in [0.1, 0.15) is 49.9 Å². The summed E-state index contributed by atoms with van der Waals surface area (Å²) in [7, 11) is 2.23. The summed E-state index contributed by atoms with van der Waals surface area (Å²) in [5, 5.41) is 2.72. The largest absolute Gasteiger partial charge is 0.344 e. The van der Waals surface area contributed by atoms with Crippen LogP contribution in [0.3, 0.4) is 0 Å². The summed E-state index contributed by atoms with van der Waals surface area (Å²) in [6.45, 7) is 9.45. The van der Waals surface area contributed by atoms with Gasteiger partial charge in [0, 0.05) is 39.7 Å². The van der Waals surface area contributed by atoms with Crippen LogP contribution in [0.4, 0.5) is 0 Å². The molecule has 156 valence electrons. The summed E-state index contributed by atoms with van der Waals surface area (Å²) < 4.78 is 2.41. The van der Waals surface area contributed by atoms with Gasteiger partial charge in [0.25, 0.3) is 0 Å². The van der Waals surface area contributed by atoms with Crippen LogP contribution in [0, 0.1) is 0 Å². The molecule has 4 aromatic carbocycles. The van der Waals surface area contributed by atoms with Crippen LogP contribution in [0.25, 0.3) is 44.1 Å². The van der Waals surface area contributed by atoms with Crippen molar-refractivity contribution in [1.29, 1.82) is 0 Å². The van der Waals surface area contributed by atoms with Gasteiger partial charge in [0.15, 0.2) is 0 Å². The van der Waals surface area contributed by atoms with Gasteiger partial charge in [-0.1, -0.05) is 76.2 Å². The molecule has 0 aliphatic heterocycles. The van der Waals surface area contributed by atoms with Crippen LogP contribution in [0.5, 0.6) is 0 Å². The Bertz CT molecular complexity index is 1500. The first-order valence-electron chi connectivity index (χ1n) is 11.6. The number of hydrogen-bond acceptors (Lipinski definition) is 0. The molecule has 0 radical (unpaired) electrons. The second-order valence-corrected chi connectivity index (χ2v) is 10.7. The average molecular weight is 414 g/mol. The molecule has 0 N–H and O–H groups in total. The van der Waals surface area contributed by atoms with Crippen molar-refractivity contribution in [3.8, 4) is 22.3 Å².